The van der Waals surface area contributed by atoms with Crippen LogP contribution in [-0.4, -0.2) is 23.7 Å². The van der Waals surface area contributed by atoms with Gasteiger partial charge in [-0.15, -0.1) is 0 Å². The van der Waals surface area contributed by atoms with E-state index in [0.717, 1.165) is 35.2 Å². The molecule has 0 aliphatic heterocycles. The van der Waals surface area contributed by atoms with E-state index in [-0.39, 0.29) is 6.61 Å². The molecule has 1 unspecified atom stereocenters. The molecule has 0 aliphatic carbocycles. The topological polar surface area (TPSA) is 36.4 Å². The van der Waals surface area contributed by atoms with Crippen molar-refractivity contribution in [3.63, 3.8) is 0 Å². The van der Waals surface area contributed by atoms with Crippen LogP contribution in [0.15, 0.2) is 30.3 Å². The molecule has 0 saturated heterocycles. The van der Waals surface area contributed by atoms with Crippen LogP contribution in [0.4, 0.5) is 5.82 Å². The Bertz CT molecular complexity index is 553. The molecule has 0 fully saturated rings. The smallest absolute Gasteiger partial charge is 0.134 e. The summed E-state index contributed by atoms with van der Waals surface area (Å²) in [5, 5.41) is 10.6. The highest BCUT2D eigenvalue weighted by molar-refractivity contribution is 5.81. The number of nitrogens with zero attached hydrogens (tertiary/aromatic N) is 2. The lowest BCUT2D eigenvalue weighted by Crippen LogP contribution is -2.25. The molecule has 1 atom stereocenters. The fourth-order valence-corrected chi connectivity index (χ4v) is 2.28. The summed E-state index contributed by atoms with van der Waals surface area (Å²) in [6, 6.07) is 10.1. The zero-order valence-electron chi connectivity index (χ0n) is 11.9. The molecule has 19 heavy (non-hydrogen) atoms. The Morgan fingerprint density at radius 2 is 2.05 bits per heavy atom. The number of hydrogen-bond donors (Lipinski definition) is 1. The number of anilines is 1. The first-order valence-electron chi connectivity index (χ1n) is 6.86. The van der Waals surface area contributed by atoms with Gasteiger partial charge >= 0.3 is 0 Å². The van der Waals surface area contributed by atoms with Gasteiger partial charge in [0.1, 0.15) is 5.82 Å². The van der Waals surface area contributed by atoms with Gasteiger partial charge in [-0.3, -0.25) is 0 Å². The van der Waals surface area contributed by atoms with Crippen LogP contribution in [0.2, 0.25) is 0 Å². The number of aliphatic hydroxyl groups excluding tert-OH is 1. The van der Waals surface area contributed by atoms with Crippen molar-refractivity contribution >= 4 is 16.7 Å². The Balaban J connectivity index is 2.40. The third kappa shape index (κ3) is 3.04. The molecule has 0 spiro atoms. The minimum absolute atomic E-state index is 0.0258. The lowest BCUT2D eigenvalue weighted by atomic mass is 10.1. The molecular formula is C16H22N2O. The fourth-order valence-electron chi connectivity index (χ4n) is 2.28. The highest BCUT2D eigenvalue weighted by Crippen LogP contribution is 2.23. The van der Waals surface area contributed by atoms with Gasteiger partial charge < -0.3 is 10.0 Å². The number of benzene rings is 1. The van der Waals surface area contributed by atoms with E-state index in [1.165, 1.54) is 0 Å². The highest BCUT2D eigenvalue weighted by Gasteiger charge is 2.12. The lowest BCUT2D eigenvalue weighted by molar-refractivity contribution is 0.282. The van der Waals surface area contributed by atoms with Gasteiger partial charge in [-0.05, 0) is 18.1 Å². The van der Waals surface area contributed by atoms with Crippen molar-refractivity contribution in [3.8, 4) is 0 Å². The molecule has 0 radical (unpaired) electrons. The lowest BCUT2D eigenvalue weighted by Gasteiger charge is -2.24. The zero-order chi connectivity index (χ0) is 13.8. The van der Waals surface area contributed by atoms with Crippen LogP contribution in [0.5, 0.6) is 0 Å². The van der Waals surface area contributed by atoms with E-state index in [2.05, 4.69) is 18.7 Å². The maximum Gasteiger partial charge on any atom is 0.134 e. The first-order chi connectivity index (χ1) is 9.15. The molecule has 1 aromatic carbocycles. The zero-order valence-corrected chi connectivity index (χ0v) is 11.9. The van der Waals surface area contributed by atoms with Crippen molar-refractivity contribution in [1.82, 2.24) is 4.98 Å². The molecule has 0 bridgehead atoms. The SMILES string of the molecule is CCC(C)CN(C)c1nc2ccccc2cc1CO. The number of hydrogen-bond acceptors (Lipinski definition) is 3. The van der Waals surface area contributed by atoms with Crippen molar-refractivity contribution < 1.29 is 5.11 Å². The summed E-state index contributed by atoms with van der Waals surface area (Å²) in [6.45, 7) is 5.41. The Morgan fingerprint density at radius 3 is 2.74 bits per heavy atom. The maximum atomic E-state index is 9.55. The third-order valence-corrected chi connectivity index (χ3v) is 3.59. The van der Waals surface area contributed by atoms with Crippen LogP contribution < -0.4 is 4.90 Å². The van der Waals surface area contributed by atoms with E-state index in [4.69, 9.17) is 4.98 Å². The molecule has 1 N–H and O–H groups in total. The predicted octanol–water partition coefficient (Wildman–Crippen LogP) is 3.21. The van der Waals surface area contributed by atoms with Gasteiger partial charge in [-0.25, -0.2) is 4.98 Å². The fraction of sp³-hybridized carbons (Fsp3) is 0.438. The number of rotatable bonds is 5. The van der Waals surface area contributed by atoms with E-state index in [9.17, 15) is 5.11 Å². The molecule has 3 nitrogen and oxygen atoms in total. The number of fused-ring (bicyclic) bond motifs is 1. The van der Waals surface area contributed by atoms with E-state index in [0.29, 0.717) is 5.92 Å². The van der Waals surface area contributed by atoms with Crippen LogP contribution in [0.1, 0.15) is 25.8 Å². The number of aliphatic hydroxyl groups is 1. The van der Waals surface area contributed by atoms with Crippen molar-refractivity contribution in [1.29, 1.82) is 0 Å². The molecule has 1 heterocycles. The average molecular weight is 258 g/mol. The third-order valence-electron chi connectivity index (χ3n) is 3.59. The monoisotopic (exact) mass is 258 g/mol. The van der Waals surface area contributed by atoms with Crippen molar-refractivity contribution in [3.05, 3.63) is 35.9 Å². The van der Waals surface area contributed by atoms with Crippen LogP contribution in [0.25, 0.3) is 10.9 Å². The molecule has 0 saturated carbocycles. The molecule has 2 rings (SSSR count). The number of para-hydroxylation sites is 1. The normalized spacial score (nSPS) is 12.6. The maximum absolute atomic E-state index is 9.55. The van der Waals surface area contributed by atoms with E-state index in [1.54, 1.807) is 0 Å². The van der Waals surface area contributed by atoms with Gasteiger partial charge in [0.05, 0.1) is 12.1 Å². The second-order valence-corrected chi connectivity index (χ2v) is 5.22. The summed E-state index contributed by atoms with van der Waals surface area (Å²) < 4.78 is 0. The summed E-state index contributed by atoms with van der Waals surface area (Å²) in [6.07, 6.45) is 1.15. The van der Waals surface area contributed by atoms with Crippen LogP contribution in [-0.2, 0) is 6.61 Å². The Labute approximate surface area is 114 Å². The largest absolute Gasteiger partial charge is 0.392 e. The second kappa shape index (κ2) is 6.02. The number of pyridine rings is 1. The molecule has 0 aliphatic rings. The van der Waals surface area contributed by atoms with Crippen molar-refractivity contribution in [2.24, 2.45) is 5.92 Å². The van der Waals surface area contributed by atoms with Gasteiger partial charge in [0, 0.05) is 24.5 Å². The Kier molecular flexibility index (Phi) is 4.38. The minimum Gasteiger partial charge on any atom is -0.392 e. The van der Waals surface area contributed by atoms with E-state index < -0.39 is 0 Å². The standard InChI is InChI=1S/C16H22N2O/c1-4-12(2)10-18(3)16-14(11-19)9-13-7-5-6-8-15(13)17-16/h5-9,12,19H,4,10-11H2,1-3H3. The van der Waals surface area contributed by atoms with E-state index >= 15 is 0 Å². The molecular weight excluding hydrogens is 236 g/mol. The van der Waals surface area contributed by atoms with Crippen molar-refractivity contribution in [2.75, 3.05) is 18.5 Å². The molecule has 0 amide bonds. The second-order valence-electron chi connectivity index (χ2n) is 5.22. The first kappa shape index (κ1) is 13.8. The summed E-state index contributed by atoms with van der Waals surface area (Å²) >= 11 is 0. The summed E-state index contributed by atoms with van der Waals surface area (Å²) in [4.78, 5) is 6.84. The first-order valence-corrected chi connectivity index (χ1v) is 6.86. The van der Waals surface area contributed by atoms with Gasteiger partial charge in [0.2, 0.25) is 0 Å². The quantitative estimate of drug-likeness (QED) is 0.894. The van der Waals surface area contributed by atoms with E-state index in [1.807, 2.05) is 37.4 Å². The van der Waals surface area contributed by atoms with Gasteiger partial charge in [-0.2, -0.15) is 0 Å². The number of aromatic nitrogens is 1. The minimum atomic E-state index is 0.0258. The van der Waals surface area contributed by atoms with Crippen molar-refractivity contribution in [2.45, 2.75) is 26.9 Å². The highest BCUT2D eigenvalue weighted by atomic mass is 16.3. The average Bonchev–Trinajstić information content (AvgIpc) is 2.45. The van der Waals surface area contributed by atoms with Gasteiger partial charge in [-0.1, -0.05) is 38.5 Å². The molecule has 1 aromatic heterocycles. The Morgan fingerprint density at radius 1 is 1.32 bits per heavy atom. The summed E-state index contributed by atoms with van der Waals surface area (Å²) in [7, 11) is 2.04. The van der Waals surface area contributed by atoms with Gasteiger partial charge in [0.25, 0.3) is 0 Å². The molecule has 3 heteroatoms. The van der Waals surface area contributed by atoms with Gasteiger partial charge in [0.15, 0.2) is 0 Å². The Hall–Kier alpha value is -1.61. The molecule has 102 valence electrons. The molecule has 2 aromatic rings. The van der Waals surface area contributed by atoms with Crippen LogP contribution >= 0.6 is 0 Å². The van der Waals surface area contributed by atoms with Crippen LogP contribution in [0.3, 0.4) is 0 Å². The summed E-state index contributed by atoms with van der Waals surface area (Å²) in [5.41, 5.74) is 1.87. The summed E-state index contributed by atoms with van der Waals surface area (Å²) in [5.74, 6) is 1.51. The van der Waals surface area contributed by atoms with Crippen LogP contribution in [0, 0.1) is 5.92 Å². The predicted molar refractivity (Wildman–Crippen MR) is 80.4 cm³/mol.